The SMILES string of the molecule is Cc1c(N2c3ccc4ccccc4c3-c3cccc4cccc2c34)nc2c(sc3ccccc32)c1-c1ccc2c3ccccc3n(-c3ccccc3)c2c1. The van der Waals surface area contributed by atoms with Gasteiger partial charge in [0.05, 0.1) is 32.6 Å². The first-order chi connectivity index (χ1) is 26.7. The Balaban J connectivity index is 1.21. The van der Waals surface area contributed by atoms with Crippen molar-refractivity contribution >= 4 is 92.2 Å². The summed E-state index contributed by atoms with van der Waals surface area (Å²) in [5.74, 6) is 0.961. The minimum absolute atomic E-state index is 0.961. The highest BCUT2D eigenvalue weighted by Crippen LogP contribution is 2.55. The van der Waals surface area contributed by atoms with Crippen LogP contribution >= 0.6 is 11.3 Å². The maximum atomic E-state index is 5.70. The predicted molar refractivity (Wildman–Crippen MR) is 230 cm³/mol. The number of fused-ring (bicyclic) bond motifs is 10. The van der Waals surface area contributed by atoms with E-state index in [9.17, 15) is 0 Å². The largest absolute Gasteiger partial charge is 0.309 e. The monoisotopic (exact) mass is 705 g/mol. The summed E-state index contributed by atoms with van der Waals surface area (Å²) in [5.41, 5.74) is 13.0. The van der Waals surface area contributed by atoms with Crippen molar-refractivity contribution in [3.05, 3.63) is 175 Å². The number of thiophene rings is 1. The molecule has 1 aliphatic heterocycles. The highest BCUT2D eigenvalue weighted by molar-refractivity contribution is 7.26. The Kier molecular flexibility index (Phi) is 6.14. The van der Waals surface area contributed by atoms with Crippen LogP contribution in [0.2, 0.25) is 0 Å². The maximum absolute atomic E-state index is 5.70. The standard InChI is InChI=1S/C50H31N3S/c1-30-45(33-25-27-37-36-19-7-9-22-40(36)52(43(37)29-33)34-16-3-2-4-17-34)49-48(38-20-8-10-24-44(38)54-49)51-50(30)53-41-23-12-15-32-14-11-21-39(46(32)41)47-35-18-6-5-13-31(35)26-28-42(47)53/h2-29H,1H3. The molecule has 0 saturated carbocycles. The molecule has 4 heteroatoms. The van der Waals surface area contributed by atoms with Crippen LogP contribution in [0.3, 0.4) is 0 Å². The van der Waals surface area contributed by atoms with Gasteiger partial charge in [-0.05, 0) is 76.7 Å². The summed E-state index contributed by atoms with van der Waals surface area (Å²) in [7, 11) is 0. The molecule has 0 amide bonds. The average Bonchev–Trinajstić information content (AvgIpc) is 3.76. The molecule has 3 nitrogen and oxygen atoms in total. The number of rotatable bonds is 3. The van der Waals surface area contributed by atoms with Crippen LogP contribution in [-0.2, 0) is 0 Å². The molecule has 0 saturated heterocycles. The summed E-state index contributed by atoms with van der Waals surface area (Å²) in [4.78, 5) is 8.15. The van der Waals surface area contributed by atoms with E-state index in [0.29, 0.717) is 0 Å². The lowest BCUT2D eigenvalue weighted by atomic mass is 9.87. The molecule has 3 aromatic heterocycles. The normalized spacial score (nSPS) is 12.5. The van der Waals surface area contributed by atoms with E-state index in [-0.39, 0.29) is 0 Å². The molecule has 0 spiro atoms. The van der Waals surface area contributed by atoms with E-state index in [2.05, 4.69) is 186 Å². The second-order valence-electron chi connectivity index (χ2n) is 14.3. The molecule has 0 bridgehead atoms. The van der Waals surface area contributed by atoms with E-state index in [1.807, 2.05) is 11.3 Å². The van der Waals surface area contributed by atoms with Gasteiger partial charge < -0.3 is 4.57 Å². The average molecular weight is 706 g/mol. The van der Waals surface area contributed by atoms with Crippen molar-refractivity contribution in [1.82, 2.24) is 9.55 Å². The van der Waals surface area contributed by atoms with Gasteiger partial charge in [0.2, 0.25) is 0 Å². The van der Waals surface area contributed by atoms with E-state index in [1.54, 1.807) is 0 Å². The van der Waals surface area contributed by atoms with Gasteiger partial charge in [0.1, 0.15) is 5.82 Å². The van der Waals surface area contributed by atoms with Gasteiger partial charge in [-0.2, -0.15) is 0 Å². The highest BCUT2D eigenvalue weighted by atomic mass is 32.1. The molecule has 0 N–H and O–H groups in total. The summed E-state index contributed by atoms with van der Waals surface area (Å²) in [6.45, 7) is 2.28. The van der Waals surface area contributed by atoms with E-state index >= 15 is 0 Å². The molecule has 8 aromatic carbocycles. The van der Waals surface area contributed by atoms with Crippen molar-refractivity contribution in [2.45, 2.75) is 6.92 Å². The highest BCUT2D eigenvalue weighted by Gasteiger charge is 2.31. The second kappa shape index (κ2) is 11.1. The number of benzene rings is 8. The van der Waals surface area contributed by atoms with Crippen molar-refractivity contribution in [3.8, 4) is 27.9 Å². The molecule has 0 aliphatic carbocycles. The third-order valence-corrected chi connectivity index (χ3v) is 12.6. The van der Waals surface area contributed by atoms with Crippen LogP contribution in [-0.4, -0.2) is 9.55 Å². The van der Waals surface area contributed by atoms with E-state index in [1.165, 1.54) is 80.4 Å². The van der Waals surface area contributed by atoms with Gasteiger partial charge in [-0.3, -0.25) is 4.90 Å². The molecule has 54 heavy (non-hydrogen) atoms. The Morgan fingerprint density at radius 3 is 2.13 bits per heavy atom. The third-order valence-electron chi connectivity index (χ3n) is 11.5. The quantitative estimate of drug-likeness (QED) is 0.182. The molecule has 0 radical (unpaired) electrons. The first kappa shape index (κ1) is 29.8. The minimum Gasteiger partial charge on any atom is -0.309 e. The Labute approximate surface area is 315 Å². The molecule has 252 valence electrons. The van der Waals surface area contributed by atoms with E-state index in [4.69, 9.17) is 4.98 Å². The Morgan fingerprint density at radius 1 is 0.519 bits per heavy atom. The number of aromatic nitrogens is 2. The van der Waals surface area contributed by atoms with Crippen molar-refractivity contribution in [3.63, 3.8) is 0 Å². The topological polar surface area (TPSA) is 21.1 Å². The number of para-hydroxylation sites is 2. The molecule has 4 heterocycles. The maximum Gasteiger partial charge on any atom is 0.141 e. The number of pyridine rings is 1. The van der Waals surface area contributed by atoms with Crippen LogP contribution in [0.4, 0.5) is 17.2 Å². The summed E-state index contributed by atoms with van der Waals surface area (Å²) in [5, 5.41) is 8.67. The Hall–Kier alpha value is -6.75. The number of hydrogen-bond donors (Lipinski definition) is 0. The van der Waals surface area contributed by atoms with Crippen molar-refractivity contribution in [2.24, 2.45) is 0 Å². The molecule has 0 unspecified atom stereocenters. The van der Waals surface area contributed by atoms with Crippen LogP contribution in [0.1, 0.15) is 5.56 Å². The first-order valence-electron chi connectivity index (χ1n) is 18.5. The summed E-state index contributed by atoms with van der Waals surface area (Å²) >= 11 is 1.85. The van der Waals surface area contributed by atoms with Crippen LogP contribution in [0.5, 0.6) is 0 Å². The van der Waals surface area contributed by atoms with Gasteiger partial charge in [-0.1, -0.05) is 127 Å². The number of hydrogen-bond acceptors (Lipinski definition) is 3. The van der Waals surface area contributed by atoms with Gasteiger partial charge in [0, 0.05) is 48.6 Å². The fourth-order valence-electron chi connectivity index (χ4n) is 9.13. The van der Waals surface area contributed by atoms with Gasteiger partial charge in [-0.25, -0.2) is 4.98 Å². The minimum atomic E-state index is 0.961. The van der Waals surface area contributed by atoms with Gasteiger partial charge >= 0.3 is 0 Å². The second-order valence-corrected chi connectivity index (χ2v) is 15.4. The van der Waals surface area contributed by atoms with E-state index < -0.39 is 0 Å². The van der Waals surface area contributed by atoms with Crippen molar-refractivity contribution in [1.29, 1.82) is 0 Å². The molecule has 11 aromatic rings. The Morgan fingerprint density at radius 2 is 1.24 bits per heavy atom. The summed E-state index contributed by atoms with van der Waals surface area (Å²) < 4.78 is 4.88. The summed E-state index contributed by atoms with van der Waals surface area (Å²) in [6, 6.07) is 62.0. The predicted octanol–water partition coefficient (Wildman–Crippen LogP) is 14.3. The number of anilines is 3. The van der Waals surface area contributed by atoms with E-state index in [0.717, 1.165) is 34.0 Å². The van der Waals surface area contributed by atoms with Gasteiger partial charge in [-0.15, -0.1) is 11.3 Å². The number of nitrogens with zero attached hydrogens (tertiary/aromatic N) is 3. The molecule has 0 atom stereocenters. The van der Waals surface area contributed by atoms with Crippen LogP contribution in [0, 0.1) is 6.92 Å². The fraction of sp³-hybridized carbons (Fsp3) is 0.0200. The van der Waals surface area contributed by atoms with Crippen LogP contribution in [0.15, 0.2) is 170 Å². The zero-order chi connectivity index (χ0) is 35.5. The fourth-order valence-corrected chi connectivity index (χ4v) is 10.4. The lowest BCUT2D eigenvalue weighted by molar-refractivity contribution is 1.18. The van der Waals surface area contributed by atoms with Crippen LogP contribution < -0.4 is 4.90 Å². The first-order valence-corrected chi connectivity index (χ1v) is 19.3. The third kappa shape index (κ3) is 4.03. The lowest BCUT2D eigenvalue weighted by Gasteiger charge is -2.34. The van der Waals surface area contributed by atoms with Crippen molar-refractivity contribution in [2.75, 3.05) is 4.90 Å². The zero-order valence-electron chi connectivity index (χ0n) is 29.4. The Bertz CT molecular complexity index is 3350. The van der Waals surface area contributed by atoms with Crippen molar-refractivity contribution < 1.29 is 0 Å². The zero-order valence-corrected chi connectivity index (χ0v) is 30.2. The molecule has 12 rings (SSSR count). The molecule has 1 aliphatic rings. The molecular formula is C50H31N3S. The molecule has 0 fully saturated rings. The van der Waals surface area contributed by atoms with Crippen LogP contribution in [0.25, 0.3) is 91.6 Å². The smallest absolute Gasteiger partial charge is 0.141 e. The molecular weight excluding hydrogens is 675 g/mol. The van der Waals surface area contributed by atoms with Gasteiger partial charge in [0.25, 0.3) is 0 Å². The lowest BCUT2D eigenvalue weighted by Crippen LogP contribution is -2.18. The van der Waals surface area contributed by atoms with Gasteiger partial charge in [0.15, 0.2) is 0 Å². The summed E-state index contributed by atoms with van der Waals surface area (Å²) in [6.07, 6.45) is 0.